The van der Waals surface area contributed by atoms with Crippen LogP contribution >= 0.6 is 0 Å². The summed E-state index contributed by atoms with van der Waals surface area (Å²) < 4.78 is 1.83. The number of fused-ring (bicyclic) bond motifs is 1. The molecule has 2 aliphatic rings. The highest BCUT2D eigenvalue weighted by molar-refractivity contribution is 6.05. The maximum absolute atomic E-state index is 12.0. The summed E-state index contributed by atoms with van der Waals surface area (Å²) in [5.41, 5.74) is 1.63. The molecule has 8 heteroatoms. The lowest BCUT2D eigenvalue weighted by Gasteiger charge is -2.26. The normalized spacial score (nSPS) is 18.3. The molecule has 27 heavy (non-hydrogen) atoms. The highest BCUT2D eigenvalue weighted by atomic mass is 16.2. The molecule has 2 aliphatic heterocycles. The third kappa shape index (κ3) is 3.94. The fourth-order valence-electron chi connectivity index (χ4n) is 3.34. The largest absolute Gasteiger partial charge is 0.329 e. The van der Waals surface area contributed by atoms with Crippen LogP contribution in [0.3, 0.4) is 0 Å². The average molecular weight is 366 g/mol. The van der Waals surface area contributed by atoms with Crippen molar-refractivity contribution >= 4 is 23.4 Å². The van der Waals surface area contributed by atoms with Crippen LogP contribution in [0.1, 0.15) is 18.4 Å². The zero-order valence-corrected chi connectivity index (χ0v) is 15.1. The molecular formula is C19H22N6O2. The van der Waals surface area contributed by atoms with Crippen LogP contribution in [-0.4, -0.2) is 65.5 Å². The predicted octanol–water partition coefficient (Wildman–Crippen LogP) is 0.427. The summed E-state index contributed by atoms with van der Waals surface area (Å²) in [5, 5.41) is 5.68. The Kier molecular flexibility index (Phi) is 5.05. The van der Waals surface area contributed by atoms with Gasteiger partial charge in [0.1, 0.15) is 11.5 Å². The van der Waals surface area contributed by atoms with Gasteiger partial charge in [0.05, 0.1) is 6.20 Å². The molecule has 0 unspecified atom stereocenters. The molecule has 2 aromatic rings. The van der Waals surface area contributed by atoms with Gasteiger partial charge in [-0.3, -0.25) is 24.3 Å². The van der Waals surface area contributed by atoms with Crippen molar-refractivity contribution in [2.24, 2.45) is 0 Å². The zero-order valence-electron chi connectivity index (χ0n) is 15.1. The number of imide groups is 1. The quantitative estimate of drug-likeness (QED) is 0.770. The minimum absolute atomic E-state index is 0.247. The zero-order chi connectivity index (χ0) is 18.6. The highest BCUT2D eigenvalue weighted by Crippen LogP contribution is 2.19. The number of imidazole rings is 1. The molecule has 0 bridgehead atoms. The lowest BCUT2D eigenvalue weighted by atomic mass is 10.2. The fourth-order valence-corrected chi connectivity index (χ4v) is 3.34. The van der Waals surface area contributed by atoms with Gasteiger partial charge >= 0.3 is 6.03 Å². The number of pyridine rings is 1. The smallest absolute Gasteiger partial charge is 0.314 e. The number of urea groups is 1. The van der Waals surface area contributed by atoms with Crippen LogP contribution in [0.2, 0.25) is 0 Å². The number of nitrogens with one attached hydrogen (secondary N) is 2. The van der Waals surface area contributed by atoms with Gasteiger partial charge in [-0.2, -0.15) is 0 Å². The van der Waals surface area contributed by atoms with Crippen molar-refractivity contribution in [1.29, 1.82) is 0 Å². The van der Waals surface area contributed by atoms with Gasteiger partial charge in [-0.25, -0.2) is 9.78 Å². The van der Waals surface area contributed by atoms with Crippen LogP contribution in [0.25, 0.3) is 5.65 Å². The highest BCUT2D eigenvalue weighted by Gasteiger charge is 2.26. The summed E-state index contributed by atoms with van der Waals surface area (Å²) in [6.45, 7) is 5.62. The maximum atomic E-state index is 12.0. The number of piperazine rings is 1. The van der Waals surface area contributed by atoms with E-state index < -0.39 is 6.03 Å². The van der Waals surface area contributed by atoms with Crippen LogP contribution < -0.4 is 15.5 Å². The van der Waals surface area contributed by atoms with E-state index in [9.17, 15) is 9.59 Å². The Bertz CT molecular complexity index is 919. The first-order valence-corrected chi connectivity index (χ1v) is 9.21. The first-order chi connectivity index (χ1) is 13.2. The van der Waals surface area contributed by atoms with Crippen LogP contribution in [0.5, 0.6) is 0 Å². The Hall–Kier alpha value is -2.89. The summed E-state index contributed by atoms with van der Waals surface area (Å²) in [5.74, 6) is 6.83. The number of amides is 3. The summed E-state index contributed by atoms with van der Waals surface area (Å²) in [6, 6.07) is 3.42. The molecular weight excluding hydrogens is 344 g/mol. The Morgan fingerprint density at radius 1 is 1.19 bits per heavy atom. The van der Waals surface area contributed by atoms with Gasteiger partial charge in [0.25, 0.3) is 0 Å². The molecule has 0 radical (unpaired) electrons. The van der Waals surface area contributed by atoms with Crippen molar-refractivity contribution in [3.8, 4) is 11.8 Å². The summed E-state index contributed by atoms with van der Waals surface area (Å²) in [6.07, 6.45) is 4.64. The van der Waals surface area contributed by atoms with Gasteiger partial charge in [0, 0.05) is 63.9 Å². The van der Waals surface area contributed by atoms with Crippen molar-refractivity contribution in [2.45, 2.75) is 12.8 Å². The second-order valence-corrected chi connectivity index (χ2v) is 6.66. The molecule has 8 nitrogen and oxygen atoms in total. The van der Waals surface area contributed by atoms with E-state index in [1.54, 1.807) is 6.20 Å². The third-order valence-electron chi connectivity index (χ3n) is 4.82. The van der Waals surface area contributed by atoms with E-state index in [-0.39, 0.29) is 12.3 Å². The van der Waals surface area contributed by atoms with Crippen molar-refractivity contribution in [3.63, 3.8) is 0 Å². The Labute approximate surface area is 157 Å². The Morgan fingerprint density at radius 3 is 2.85 bits per heavy atom. The van der Waals surface area contributed by atoms with E-state index in [4.69, 9.17) is 0 Å². The molecule has 4 rings (SSSR count). The van der Waals surface area contributed by atoms with E-state index in [0.717, 1.165) is 50.4 Å². The minimum atomic E-state index is -0.412. The minimum Gasteiger partial charge on any atom is -0.314 e. The molecule has 0 saturated carbocycles. The number of carbonyl (C=O) groups is 2. The van der Waals surface area contributed by atoms with Crippen molar-refractivity contribution in [3.05, 3.63) is 30.1 Å². The second-order valence-electron chi connectivity index (χ2n) is 6.66. The molecule has 2 N–H and O–H groups in total. The molecule has 2 aromatic heterocycles. The Balaban J connectivity index is 1.44. The molecule has 0 spiro atoms. The SMILES string of the molecule is O=C1CCN(c2cnc3cc(C#CCCN4CCNCC4)ccn23)C(=O)N1. The van der Waals surface area contributed by atoms with Gasteiger partial charge in [0.2, 0.25) is 5.91 Å². The van der Waals surface area contributed by atoms with E-state index in [1.165, 1.54) is 4.90 Å². The van der Waals surface area contributed by atoms with Crippen molar-refractivity contribution < 1.29 is 9.59 Å². The van der Waals surface area contributed by atoms with Gasteiger partial charge in [-0.1, -0.05) is 11.8 Å². The molecule has 0 aliphatic carbocycles. The van der Waals surface area contributed by atoms with E-state index in [0.29, 0.717) is 12.4 Å². The standard InChI is InChI=1S/C19H22N6O2/c26-17-5-10-25(19(27)22-17)18-14-21-16-13-15(4-9-24(16)18)3-1-2-8-23-11-6-20-7-12-23/h4,9,13-14,20H,2,5-8,10-12H2,(H,22,26,27). The molecule has 3 amide bonds. The number of hydrogen-bond acceptors (Lipinski definition) is 5. The topological polar surface area (TPSA) is 82.0 Å². The lowest BCUT2D eigenvalue weighted by molar-refractivity contribution is -0.120. The summed E-state index contributed by atoms with van der Waals surface area (Å²) in [4.78, 5) is 31.7. The van der Waals surface area contributed by atoms with Crippen LogP contribution in [-0.2, 0) is 4.79 Å². The van der Waals surface area contributed by atoms with E-state index in [1.807, 2.05) is 22.7 Å². The van der Waals surface area contributed by atoms with Gasteiger partial charge in [-0.15, -0.1) is 0 Å². The van der Waals surface area contributed by atoms with Gasteiger partial charge in [0.15, 0.2) is 0 Å². The first-order valence-electron chi connectivity index (χ1n) is 9.21. The van der Waals surface area contributed by atoms with E-state index >= 15 is 0 Å². The third-order valence-corrected chi connectivity index (χ3v) is 4.82. The summed E-state index contributed by atoms with van der Waals surface area (Å²) >= 11 is 0. The maximum Gasteiger partial charge on any atom is 0.329 e. The molecule has 2 fully saturated rings. The molecule has 0 atom stereocenters. The van der Waals surface area contributed by atoms with Gasteiger partial charge < -0.3 is 5.32 Å². The number of anilines is 1. The summed E-state index contributed by atoms with van der Waals surface area (Å²) in [7, 11) is 0. The second kappa shape index (κ2) is 7.78. The van der Waals surface area contributed by atoms with Gasteiger partial charge in [-0.05, 0) is 12.1 Å². The average Bonchev–Trinajstić information content (AvgIpc) is 3.09. The number of aromatic nitrogens is 2. The molecule has 4 heterocycles. The monoisotopic (exact) mass is 366 g/mol. The van der Waals surface area contributed by atoms with Crippen LogP contribution in [0, 0.1) is 11.8 Å². The van der Waals surface area contributed by atoms with Crippen LogP contribution in [0.15, 0.2) is 24.5 Å². The predicted molar refractivity (Wildman–Crippen MR) is 101 cm³/mol. The molecule has 140 valence electrons. The number of rotatable bonds is 3. The van der Waals surface area contributed by atoms with E-state index in [2.05, 4.69) is 32.4 Å². The van der Waals surface area contributed by atoms with Crippen molar-refractivity contribution in [2.75, 3.05) is 44.2 Å². The molecule has 0 aromatic carbocycles. The van der Waals surface area contributed by atoms with Crippen molar-refractivity contribution in [1.82, 2.24) is 24.9 Å². The fraction of sp³-hybridized carbons (Fsp3) is 0.421. The van der Waals surface area contributed by atoms with Crippen LogP contribution in [0.4, 0.5) is 10.6 Å². The number of carbonyl (C=O) groups excluding carboxylic acids is 2. The number of nitrogens with zero attached hydrogens (tertiary/aromatic N) is 4. The first kappa shape index (κ1) is 17.5. The number of hydrogen-bond donors (Lipinski definition) is 2. The lowest BCUT2D eigenvalue weighted by Crippen LogP contribution is -2.50. The Morgan fingerprint density at radius 2 is 2.04 bits per heavy atom. The molecule has 2 saturated heterocycles.